The van der Waals surface area contributed by atoms with Crippen LogP contribution in [0.25, 0.3) is 0 Å². The van der Waals surface area contributed by atoms with E-state index in [4.69, 9.17) is 16.3 Å². The number of alkyl halides is 3. The zero-order chi connectivity index (χ0) is 20.5. The molecule has 1 fully saturated rings. The fourth-order valence-electron chi connectivity index (χ4n) is 3.09. The van der Waals surface area contributed by atoms with Crippen molar-refractivity contribution in [3.63, 3.8) is 0 Å². The third kappa shape index (κ3) is 4.06. The normalized spacial score (nSPS) is 16.2. The van der Waals surface area contributed by atoms with Gasteiger partial charge in [0.1, 0.15) is 5.75 Å². The molecule has 2 aromatic carbocycles. The standard InChI is InChI=1S/C18H18ClF3N2O3S/c1-27-17-5-3-2-4-16(17)23-8-10-24(11-9-23)28(25,26)13-6-7-15(19)14(12-13)18(20,21)22/h2-7,12H,8-11H2,1H3. The van der Waals surface area contributed by atoms with E-state index in [1.165, 1.54) is 4.31 Å². The van der Waals surface area contributed by atoms with Gasteiger partial charge < -0.3 is 9.64 Å². The van der Waals surface area contributed by atoms with E-state index in [0.29, 0.717) is 24.9 Å². The van der Waals surface area contributed by atoms with Crippen LogP contribution in [0.15, 0.2) is 47.4 Å². The molecule has 5 nitrogen and oxygen atoms in total. The monoisotopic (exact) mass is 434 g/mol. The van der Waals surface area contributed by atoms with Crippen molar-refractivity contribution in [3.05, 3.63) is 53.1 Å². The van der Waals surface area contributed by atoms with Gasteiger partial charge in [-0.1, -0.05) is 23.7 Å². The first-order chi connectivity index (χ1) is 13.1. The zero-order valence-electron chi connectivity index (χ0n) is 14.9. The highest BCUT2D eigenvalue weighted by Crippen LogP contribution is 2.36. The fraction of sp³-hybridized carbons (Fsp3) is 0.333. The number of anilines is 1. The summed E-state index contributed by atoms with van der Waals surface area (Å²) in [5, 5.41) is -0.535. The van der Waals surface area contributed by atoms with Crippen LogP contribution in [-0.4, -0.2) is 46.0 Å². The minimum Gasteiger partial charge on any atom is -0.495 e. The second-order valence-electron chi connectivity index (χ2n) is 6.20. The van der Waals surface area contributed by atoms with Gasteiger partial charge in [0.2, 0.25) is 10.0 Å². The number of nitrogens with zero attached hydrogens (tertiary/aromatic N) is 2. The molecule has 1 saturated heterocycles. The van der Waals surface area contributed by atoms with E-state index >= 15 is 0 Å². The van der Waals surface area contributed by atoms with Gasteiger partial charge in [0, 0.05) is 26.2 Å². The highest BCUT2D eigenvalue weighted by molar-refractivity contribution is 7.89. The molecule has 28 heavy (non-hydrogen) atoms. The van der Waals surface area contributed by atoms with Crippen LogP contribution >= 0.6 is 11.6 Å². The summed E-state index contributed by atoms with van der Waals surface area (Å²) in [6.45, 7) is 1.06. The summed E-state index contributed by atoms with van der Waals surface area (Å²) in [6, 6.07) is 10.0. The number of hydrogen-bond acceptors (Lipinski definition) is 4. The van der Waals surface area contributed by atoms with Gasteiger partial charge in [-0.15, -0.1) is 0 Å². The molecule has 1 aliphatic rings. The van der Waals surface area contributed by atoms with Gasteiger partial charge in [-0.2, -0.15) is 17.5 Å². The van der Waals surface area contributed by atoms with E-state index < -0.39 is 31.7 Å². The number of para-hydroxylation sites is 2. The van der Waals surface area contributed by atoms with E-state index in [9.17, 15) is 21.6 Å². The summed E-state index contributed by atoms with van der Waals surface area (Å²) in [7, 11) is -2.51. The number of methoxy groups -OCH3 is 1. The molecule has 1 aliphatic heterocycles. The largest absolute Gasteiger partial charge is 0.495 e. The second-order valence-corrected chi connectivity index (χ2v) is 8.55. The molecule has 10 heteroatoms. The van der Waals surface area contributed by atoms with Gasteiger partial charge in [-0.25, -0.2) is 8.42 Å². The highest BCUT2D eigenvalue weighted by atomic mass is 35.5. The predicted octanol–water partition coefficient (Wildman–Crippen LogP) is 3.88. The first-order valence-corrected chi connectivity index (χ1v) is 10.2. The van der Waals surface area contributed by atoms with Crippen LogP contribution in [0.1, 0.15) is 5.56 Å². The van der Waals surface area contributed by atoms with Gasteiger partial charge in [-0.05, 0) is 30.3 Å². The molecular weight excluding hydrogens is 417 g/mol. The summed E-state index contributed by atoms with van der Waals surface area (Å²) >= 11 is 5.59. The molecule has 0 aliphatic carbocycles. The molecule has 0 bridgehead atoms. The molecule has 152 valence electrons. The van der Waals surface area contributed by atoms with Crippen molar-refractivity contribution in [2.24, 2.45) is 0 Å². The fourth-order valence-corrected chi connectivity index (χ4v) is 4.77. The minimum atomic E-state index is -4.73. The van der Waals surface area contributed by atoms with Crippen molar-refractivity contribution in [3.8, 4) is 5.75 Å². The Morgan fingerprint density at radius 1 is 1.04 bits per heavy atom. The molecule has 0 aromatic heterocycles. The molecule has 0 unspecified atom stereocenters. The summed E-state index contributed by atoms with van der Waals surface area (Å²) in [6.07, 6.45) is -4.73. The van der Waals surface area contributed by atoms with Gasteiger partial charge >= 0.3 is 6.18 Å². The van der Waals surface area contributed by atoms with E-state index in [-0.39, 0.29) is 13.1 Å². The maximum atomic E-state index is 13.1. The first-order valence-electron chi connectivity index (χ1n) is 8.39. The lowest BCUT2D eigenvalue weighted by Gasteiger charge is -2.36. The zero-order valence-corrected chi connectivity index (χ0v) is 16.5. The third-order valence-electron chi connectivity index (χ3n) is 4.55. The van der Waals surface area contributed by atoms with Crippen LogP contribution in [0.5, 0.6) is 5.75 Å². The molecular formula is C18H18ClF3N2O3S. The highest BCUT2D eigenvalue weighted by Gasteiger charge is 2.36. The van der Waals surface area contributed by atoms with Crippen molar-refractivity contribution in [2.45, 2.75) is 11.1 Å². The van der Waals surface area contributed by atoms with Gasteiger partial charge in [-0.3, -0.25) is 0 Å². The number of rotatable bonds is 4. The van der Waals surface area contributed by atoms with Crippen molar-refractivity contribution >= 4 is 27.3 Å². The van der Waals surface area contributed by atoms with E-state index in [2.05, 4.69) is 0 Å². The topological polar surface area (TPSA) is 49.9 Å². The number of halogens is 4. The molecule has 0 saturated carbocycles. The average Bonchev–Trinajstić information content (AvgIpc) is 2.67. The Morgan fingerprint density at radius 2 is 1.68 bits per heavy atom. The predicted molar refractivity (Wildman–Crippen MR) is 100 cm³/mol. The summed E-state index contributed by atoms with van der Waals surface area (Å²) in [5.41, 5.74) is -0.323. The summed E-state index contributed by atoms with van der Waals surface area (Å²) in [4.78, 5) is 1.56. The van der Waals surface area contributed by atoms with Crippen molar-refractivity contribution in [1.82, 2.24) is 4.31 Å². The van der Waals surface area contributed by atoms with E-state index in [0.717, 1.165) is 17.8 Å². The Morgan fingerprint density at radius 3 is 2.29 bits per heavy atom. The Hall–Kier alpha value is -1.97. The third-order valence-corrected chi connectivity index (χ3v) is 6.77. The van der Waals surface area contributed by atoms with Gasteiger partial charge in [0.15, 0.2) is 0 Å². The van der Waals surface area contributed by atoms with Crippen LogP contribution in [0.4, 0.5) is 18.9 Å². The number of benzene rings is 2. The van der Waals surface area contributed by atoms with Gasteiger partial charge in [0.25, 0.3) is 0 Å². The maximum Gasteiger partial charge on any atom is 0.417 e. The average molecular weight is 435 g/mol. The Balaban J connectivity index is 1.80. The molecule has 0 atom stereocenters. The SMILES string of the molecule is COc1ccccc1N1CCN(S(=O)(=O)c2ccc(Cl)c(C(F)(F)F)c2)CC1. The van der Waals surface area contributed by atoms with Crippen LogP contribution < -0.4 is 9.64 Å². The smallest absolute Gasteiger partial charge is 0.417 e. The molecule has 3 rings (SSSR count). The first kappa shape index (κ1) is 20.8. The minimum absolute atomic E-state index is 0.143. The number of hydrogen-bond donors (Lipinski definition) is 0. The van der Waals surface area contributed by atoms with Crippen molar-refractivity contribution in [2.75, 3.05) is 38.2 Å². The van der Waals surface area contributed by atoms with Crippen LogP contribution in [0.2, 0.25) is 5.02 Å². The van der Waals surface area contributed by atoms with Crippen LogP contribution in [0.3, 0.4) is 0 Å². The van der Waals surface area contributed by atoms with Gasteiger partial charge in [0.05, 0.1) is 28.3 Å². The lowest BCUT2D eigenvalue weighted by atomic mass is 10.2. The number of piperazine rings is 1. The number of ether oxygens (including phenoxy) is 1. The Labute approximate surface area is 166 Å². The Kier molecular flexibility index (Phi) is 5.79. The molecule has 0 amide bonds. The van der Waals surface area contributed by atoms with Crippen LogP contribution in [0, 0.1) is 0 Å². The lowest BCUT2D eigenvalue weighted by molar-refractivity contribution is -0.137. The quantitative estimate of drug-likeness (QED) is 0.732. The molecule has 0 radical (unpaired) electrons. The molecule has 0 N–H and O–H groups in total. The lowest BCUT2D eigenvalue weighted by Crippen LogP contribution is -2.48. The second kappa shape index (κ2) is 7.81. The number of sulfonamides is 1. The van der Waals surface area contributed by atoms with Crippen LogP contribution in [-0.2, 0) is 16.2 Å². The molecule has 2 aromatic rings. The van der Waals surface area contributed by atoms with Crippen molar-refractivity contribution in [1.29, 1.82) is 0 Å². The molecule has 1 heterocycles. The van der Waals surface area contributed by atoms with E-state index in [1.54, 1.807) is 7.11 Å². The molecule has 0 spiro atoms. The Bertz CT molecular complexity index is 959. The summed E-state index contributed by atoms with van der Waals surface area (Å²) < 4.78 is 71.3. The summed E-state index contributed by atoms with van der Waals surface area (Å²) in [5.74, 6) is 0.673. The van der Waals surface area contributed by atoms with Crippen molar-refractivity contribution < 1.29 is 26.3 Å². The van der Waals surface area contributed by atoms with E-state index in [1.807, 2.05) is 29.2 Å². The maximum absolute atomic E-state index is 13.1.